The Morgan fingerprint density at radius 3 is 0.753 bits per heavy atom. The Balaban J connectivity index is 1.22. The third-order valence-corrected chi connectivity index (χ3v) is 22.0. The summed E-state index contributed by atoms with van der Waals surface area (Å²) in [6.07, 6.45) is 4.46. The zero-order chi connectivity index (χ0) is 70.0. The third kappa shape index (κ3) is 20.3. The Morgan fingerprint density at radius 2 is 0.515 bits per heavy atom. The second-order valence-electron chi connectivity index (χ2n) is 27.9. The number of anilines is 2. The second-order valence-corrected chi connectivity index (χ2v) is 31.6. The van der Waals surface area contributed by atoms with Gasteiger partial charge in [0.2, 0.25) is 0 Å². The first-order valence-electron chi connectivity index (χ1n) is 35.0. The van der Waals surface area contributed by atoms with Crippen molar-refractivity contribution in [2.24, 2.45) is 9.98 Å². The molecule has 0 unspecified atom stereocenters. The molecule has 0 saturated carbocycles. The molecule has 0 saturated heterocycles. The van der Waals surface area contributed by atoms with Crippen molar-refractivity contribution in [2.75, 3.05) is 7.71 Å². The molecule has 9 nitrogen and oxygen atoms in total. The SMILES string of the molecule is CC(/C=C(/C)[N]([Ge][O]B(OB(OB(OB([O][Ge][N](/C(C)=C\C(C)=Nc1c(C(C)C)cccc1C(C)C)c1c(C(C)C)cccc1C(C)C)c1ccccc1)c1ccccc1)c1ccccc1)c1ccccc1)c1c(C(C)C)cccc1C(C)C)=Nc1c(C(C)C)cccc1C(C)C. The summed E-state index contributed by atoms with van der Waals surface area (Å²) in [5.41, 5.74) is 21.6. The van der Waals surface area contributed by atoms with E-state index in [1.807, 2.05) is 97.1 Å². The fraction of sp³-hybridized carbons (Fsp3) is 0.341. The standard InChI is InChI=1S/C82H102B4Ge2N4O5/c1-55(2)71-45-33-46-72(56(3)4)79(71)89-63(17)53-65(19)91(81-75(59(9)10)49-35-50-76(81)60(11)12)87-96-85(69-41-29-23-30-42-69)94-83(67-37-25-21-26-38-67)93-84(68-39-27-22-28-40-68)95-86(70-43-31-24-32-44-70)97-88-92(82-77(61(13)14)51-36-52-78(82)62(15)16)66(20)54-64(18)90-80-73(57(5)6)47-34-48-74(80)58(7)8/h21-62H,1-20H3/b65-53-,66-54-,89-63?,90-64?. The Kier molecular flexibility index (Phi) is 28.6. The summed E-state index contributed by atoms with van der Waals surface area (Å²) in [7, 11) is -3.78. The molecule has 0 amide bonds. The topological polar surface area (TPSA) is 77.4 Å². The number of hydrogen-bond donors (Lipinski definition) is 0. The van der Waals surface area contributed by atoms with Gasteiger partial charge in [0, 0.05) is 0 Å². The summed E-state index contributed by atoms with van der Waals surface area (Å²) in [5, 5.41) is 0. The Bertz CT molecular complexity index is 3580. The zero-order valence-corrected chi connectivity index (χ0v) is 65.6. The van der Waals surface area contributed by atoms with Crippen molar-refractivity contribution < 1.29 is 21.1 Å². The van der Waals surface area contributed by atoms with E-state index in [9.17, 15) is 0 Å². The van der Waals surface area contributed by atoms with Crippen molar-refractivity contribution in [1.29, 1.82) is 0 Å². The Morgan fingerprint density at radius 1 is 0.299 bits per heavy atom. The van der Waals surface area contributed by atoms with E-state index in [-0.39, 0.29) is 23.7 Å². The van der Waals surface area contributed by atoms with Crippen molar-refractivity contribution in [3.8, 4) is 0 Å². The minimum atomic E-state index is -1.57. The average Bonchev–Trinajstić information content (AvgIpc) is 0.813. The first-order valence-corrected chi connectivity index (χ1v) is 38.6. The monoisotopic (exact) mass is 1410 g/mol. The van der Waals surface area contributed by atoms with Crippen LogP contribution in [0.15, 0.2) is 228 Å². The van der Waals surface area contributed by atoms with Gasteiger partial charge in [-0.15, -0.1) is 0 Å². The molecule has 8 rings (SSSR count). The molecular formula is C82H102B4Ge2N4O5. The van der Waals surface area contributed by atoms with E-state index >= 15 is 0 Å². The van der Waals surface area contributed by atoms with Gasteiger partial charge >= 0.3 is 603 Å². The molecule has 0 bridgehead atoms. The summed E-state index contributed by atoms with van der Waals surface area (Å²) in [6, 6.07) is 67.5. The fourth-order valence-corrected chi connectivity index (χ4v) is 16.3. The molecule has 4 radical (unpaired) electrons. The van der Waals surface area contributed by atoms with Crippen LogP contribution < -0.4 is 29.6 Å². The predicted molar refractivity (Wildman–Crippen MR) is 421 cm³/mol. The molecule has 0 spiro atoms. The van der Waals surface area contributed by atoms with Gasteiger partial charge in [-0.05, 0) is 0 Å². The normalized spacial score (nSPS) is 12.6. The van der Waals surface area contributed by atoms with Crippen molar-refractivity contribution in [1.82, 2.24) is 0 Å². The van der Waals surface area contributed by atoms with Crippen LogP contribution in [0.2, 0.25) is 0 Å². The van der Waals surface area contributed by atoms with Gasteiger partial charge < -0.3 is 0 Å². The first kappa shape index (κ1) is 76.1. The molecule has 15 heteroatoms. The maximum absolute atomic E-state index is 7.49. The van der Waals surface area contributed by atoms with Crippen molar-refractivity contribution >= 4 is 116 Å². The van der Waals surface area contributed by atoms with E-state index in [1.165, 1.54) is 55.9 Å². The van der Waals surface area contributed by atoms with Crippen LogP contribution in [0.3, 0.4) is 0 Å². The quantitative estimate of drug-likeness (QED) is 0.0307. The molecular weight excluding hydrogens is 1310 g/mol. The molecule has 8 aromatic carbocycles. The van der Waals surface area contributed by atoms with E-state index in [2.05, 4.69) is 255 Å². The summed E-state index contributed by atoms with van der Waals surface area (Å²) in [5.74, 6) is 2.15. The maximum atomic E-state index is 7.49. The number of aliphatic imine (C=N–C) groups is 2. The van der Waals surface area contributed by atoms with Crippen LogP contribution in [0.25, 0.3) is 0 Å². The summed E-state index contributed by atoms with van der Waals surface area (Å²) in [6.45, 7) is 44.8. The molecule has 0 fully saturated rings. The molecule has 0 aliphatic rings. The van der Waals surface area contributed by atoms with Gasteiger partial charge in [0.15, 0.2) is 0 Å². The van der Waals surface area contributed by atoms with Gasteiger partial charge in [-0.25, -0.2) is 0 Å². The second kappa shape index (κ2) is 36.4. The van der Waals surface area contributed by atoms with E-state index < -0.39 is 60.5 Å². The van der Waals surface area contributed by atoms with Crippen LogP contribution in [0.5, 0.6) is 0 Å². The van der Waals surface area contributed by atoms with Gasteiger partial charge in [0.25, 0.3) is 0 Å². The van der Waals surface area contributed by atoms with E-state index in [4.69, 9.17) is 31.1 Å². The Labute approximate surface area is 599 Å². The predicted octanol–water partition coefficient (Wildman–Crippen LogP) is 19.1. The first-order chi connectivity index (χ1) is 46.4. The molecule has 97 heavy (non-hydrogen) atoms. The average molecular weight is 1410 g/mol. The van der Waals surface area contributed by atoms with Crippen LogP contribution in [-0.2, 0) is 21.1 Å². The van der Waals surface area contributed by atoms with Crippen LogP contribution >= 0.6 is 0 Å². The van der Waals surface area contributed by atoms with Crippen molar-refractivity contribution in [3.63, 3.8) is 0 Å². The van der Waals surface area contributed by atoms with Crippen LogP contribution in [0, 0.1) is 0 Å². The molecule has 0 aliphatic heterocycles. The molecule has 0 aliphatic carbocycles. The zero-order valence-electron chi connectivity index (χ0n) is 61.4. The number of rotatable bonds is 32. The van der Waals surface area contributed by atoms with Gasteiger partial charge in [-0.1, -0.05) is 0 Å². The van der Waals surface area contributed by atoms with Crippen LogP contribution in [0.1, 0.15) is 230 Å². The number of para-hydroxylation sites is 4. The molecule has 0 N–H and O–H groups in total. The van der Waals surface area contributed by atoms with Crippen molar-refractivity contribution in [2.45, 2.75) is 186 Å². The van der Waals surface area contributed by atoms with Crippen LogP contribution in [-0.4, -0.2) is 71.9 Å². The van der Waals surface area contributed by atoms with Gasteiger partial charge in [0.05, 0.1) is 0 Å². The number of hydrogen-bond acceptors (Lipinski definition) is 9. The third-order valence-electron chi connectivity index (χ3n) is 17.5. The molecule has 500 valence electrons. The molecule has 0 atom stereocenters. The van der Waals surface area contributed by atoms with Crippen LogP contribution in [0.4, 0.5) is 22.7 Å². The molecule has 0 aromatic heterocycles. The van der Waals surface area contributed by atoms with E-state index in [0.29, 0.717) is 23.7 Å². The number of benzene rings is 8. The molecule has 0 heterocycles. The number of allylic oxidation sites excluding steroid dienone is 4. The van der Waals surface area contributed by atoms with E-state index in [1.54, 1.807) is 0 Å². The summed E-state index contributed by atoms with van der Waals surface area (Å²) < 4.78 is 42.3. The Hall–Kier alpha value is -6.67. The van der Waals surface area contributed by atoms with Gasteiger partial charge in [-0.2, -0.15) is 0 Å². The number of nitrogens with zero attached hydrogens (tertiary/aromatic N) is 4. The summed E-state index contributed by atoms with van der Waals surface area (Å²) in [4.78, 5) is 10.9. The molecule has 8 aromatic rings. The van der Waals surface area contributed by atoms with E-state index in [0.717, 1.165) is 56.0 Å². The summed E-state index contributed by atoms with van der Waals surface area (Å²) >= 11 is -3.13. The minimum absolute atomic E-state index is 0.229. The van der Waals surface area contributed by atoms with Gasteiger partial charge in [0.1, 0.15) is 0 Å². The van der Waals surface area contributed by atoms with Gasteiger partial charge in [-0.3, -0.25) is 0 Å². The fourth-order valence-electron chi connectivity index (χ4n) is 12.3. The van der Waals surface area contributed by atoms with Crippen molar-refractivity contribution in [3.05, 3.63) is 262 Å².